The molecule has 0 fully saturated rings. The zero-order valence-corrected chi connectivity index (χ0v) is 9.52. The molecule has 0 N–H and O–H groups in total. The van der Waals surface area contributed by atoms with Crippen LogP contribution in [0.25, 0.3) is 0 Å². The average molecular weight is 202 g/mol. The first-order valence-corrected chi connectivity index (χ1v) is 3.75. The fourth-order valence-electron chi connectivity index (χ4n) is 0.483. The normalized spacial score (nSPS) is 7.20. The molecule has 0 spiro atoms. The second kappa shape index (κ2) is 6.92. The Morgan fingerprint density at radius 2 is 1.00 bits per heavy atom. The monoisotopic (exact) mass is 200 g/mol. The van der Waals surface area contributed by atoms with Crippen molar-refractivity contribution in [3.8, 4) is 0 Å². The summed E-state index contributed by atoms with van der Waals surface area (Å²) in [6, 6.07) is 12.1. The number of hydrogen-bond donors (Lipinski definition) is 0. The van der Waals surface area contributed by atoms with Gasteiger partial charge in [0, 0.05) is 19.5 Å². The standard InChI is InChI=1S/C8H8S.Zn/c1-2-4-6-8-9-7-5-3-1;/h1-8H;. The molecule has 1 rings (SSSR count). The molecule has 0 aliphatic heterocycles. The van der Waals surface area contributed by atoms with Crippen LogP contribution in [0, 0.1) is 0 Å². The van der Waals surface area contributed by atoms with Crippen molar-refractivity contribution in [2.75, 3.05) is 0 Å². The van der Waals surface area contributed by atoms with E-state index in [-0.39, 0.29) is 19.5 Å². The summed E-state index contributed by atoms with van der Waals surface area (Å²) in [6.45, 7) is 0. The van der Waals surface area contributed by atoms with Gasteiger partial charge >= 0.3 is 0 Å². The predicted octanol–water partition coefficient (Wildman–Crippen LogP) is 2.87. The van der Waals surface area contributed by atoms with E-state index in [9.17, 15) is 0 Å². The zero-order chi connectivity index (χ0) is 6.36. The predicted molar refractivity (Wildman–Crippen MR) is 41.9 cm³/mol. The summed E-state index contributed by atoms with van der Waals surface area (Å²) in [6.07, 6.45) is 0. The minimum atomic E-state index is 0. The van der Waals surface area contributed by atoms with Gasteiger partial charge in [0.05, 0.1) is 0 Å². The quantitative estimate of drug-likeness (QED) is 0.567. The molecule has 0 amide bonds. The van der Waals surface area contributed by atoms with E-state index in [1.165, 1.54) is 0 Å². The van der Waals surface area contributed by atoms with Gasteiger partial charge in [-0.05, 0) is 10.8 Å². The summed E-state index contributed by atoms with van der Waals surface area (Å²) >= 11 is 1.68. The van der Waals surface area contributed by atoms with Gasteiger partial charge in [-0.25, -0.2) is 0 Å². The molecule has 1 heterocycles. The minimum absolute atomic E-state index is 0. The maximum absolute atomic E-state index is 2.04. The molecule has 1 aromatic heterocycles. The van der Waals surface area contributed by atoms with Crippen LogP contribution in [0.15, 0.2) is 47.2 Å². The van der Waals surface area contributed by atoms with Gasteiger partial charge in [-0.1, -0.05) is 36.4 Å². The summed E-state index contributed by atoms with van der Waals surface area (Å²) in [5, 5.41) is 4.08. The molecule has 1 aromatic rings. The van der Waals surface area contributed by atoms with Crippen LogP contribution in [0.3, 0.4) is 0 Å². The third kappa shape index (κ3) is 4.66. The van der Waals surface area contributed by atoms with Gasteiger partial charge in [0.15, 0.2) is 0 Å². The maximum Gasteiger partial charge on any atom is 0 e. The van der Waals surface area contributed by atoms with E-state index < -0.39 is 0 Å². The van der Waals surface area contributed by atoms with Crippen LogP contribution in [0.1, 0.15) is 0 Å². The van der Waals surface area contributed by atoms with Gasteiger partial charge in [0.25, 0.3) is 0 Å². The molecule has 0 aromatic carbocycles. The van der Waals surface area contributed by atoms with Crippen molar-refractivity contribution < 1.29 is 19.5 Å². The van der Waals surface area contributed by atoms with Crippen LogP contribution in [-0.4, -0.2) is 0 Å². The molecule has 0 radical (unpaired) electrons. The fraction of sp³-hybridized carbons (Fsp3) is 0. The van der Waals surface area contributed by atoms with Gasteiger partial charge < -0.3 is 0 Å². The van der Waals surface area contributed by atoms with Crippen LogP contribution in [-0.2, 0) is 19.5 Å². The number of hydrogen-bond acceptors (Lipinski definition) is 1. The zero-order valence-electron chi connectivity index (χ0n) is 5.73. The fourth-order valence-corrected chi connectivity index (χ4v) is 0.937. The topological polar surface area (TPSA) is 0 Å². The van der Waals surface area contributed by atoms with Gasteiger partial charge in [0.1, 0.15) is 0 Å². The van der Waals surface area contributed by atoms with Crippen molar-refractivity contribution in [1.29, 1.82) is 0 Å². The molecule has 2 heteroatoms. The first kappa shape index (κ1) is 9.80. The van der Waals surface area contributed by atoms with Gasteiger partial charge in [0.2, 0.25) is 0 Å². The molecule has 0 saturated heterocycles. The Kier molecular flexibility index (Phi) is 6.78. The van der Waals surface area contributed by atoms with E-state index in [1.807, 2.05) is 47.2 Å². The van der Waals surface area contributed by atoms with E-state index in [0.29, 0.717) is 0 Å². The smallest absolute Gasteiger partial charge is 0 e. The summed E-state index contributed by atoms with van der Waals surface area (Å²) in [5.74, 6) is 0. The molecule has 0 bridgehead atoms. The van der Waals surface area contributed by atoms with Crippen molar-refractivity contribution in [2.45, 2.75) is 0 Å². The molecule has 48 valence electrons. The van der Waals surface area contributed by atoms with E-state index in [4.69, 9.17) is 0 Å². The van der Waals surface area contributed by atoms with Crippen LogP contribution < -0.4 is 0 Å². The average Bonchev–Trinajstić information content (AvgIpc) is 2.00. The molecule has 0 aliphatic rings. The summed E-state index contributed by atoms with van der Waals surface area (Å²) < 4.78 is 0. The van der Waals surface area contributed by atoms with E-state index in [1.54, 1.807) is 11.3 Å². The third-order valence-electron chi connectivity index (χ3n) is 0.870. The van der Waals surface area contributed by atoms with Crippen molar-refractivity contribution in [2.24, 2.45) is 0 Å². The molecule has 0 saturated carbocycles. The molecule has 0 nitrogen and oxygen atoms in total. The Labute approximate surface area is 78.0 Å². The first-order valence-electron chi connectivity index (χ1n) is 2.80. The van der Waals surface area contributed by atoms with Gasteiger partial charge in [-0.15, -0.1) is 0 Å². The van der Waals surface area contributed by atoms with Crippen LogP contribution in [0.2, 0.25) is 0 Å². The molecule has 10 heavy (non-hydrogen) atoms. The van der Waals surface area contributed by atoms with Crippen molar-refractivity contribution in [3.63, 3.8) is 0 Å². The van der Waals surface area contributed by atoms with E-state index in [2.05, 4.69) is 0 Å². The van der Waals surface area contributed by atoms with Crippen molar-refractivity contribution in [1.82, 2.24) is 0 Å². The van der Waals surface area contributed by atoms with Gasteiger partial charge in [-0.2, -0.15) is 11.3 Å². The van der Waals surface area contributed by atoms with Crippen molar-refractivity contribution in [3.05, 3.63) is 47.2 Å². The third-order valence-corrected chi connectivity index (χ3v) is 1.50. The molecule has 0 aliphatic carbocycles. The second-order valence-electron chi connectivity index (χ2n) is 1.56. The Balaban J connectivity index is 0.000000810. The van der Waals surface area contributed by atoms with Gasteiger partial charge in [-0.3, -0.25) is 0 Å². The molecule has 0 unspecified atom stereocenters. The first-order chi connectivity index (χ1) is 4.50. The molecule has 0 atom stereocenters. The Hall–Kier alpha value is -0.197. The second-order valence-corrected chi connectivity index (χ2v) is 2.38. The Bertz CT molecular complexity index is 131. The van der Waals surface area contributed by atoms with Crippen LogP contribution >= 0.6 is 11.3 Å². The Morgan fingerprint density at radius 1 is 0.600 bits per heavy atom. The summed E-state index contributed by atoms with van der Waals surface area (Å²) in [5.41, 5.74) is 0. The maximum atomic E-state index is 2.04. The van der Waals surface area contributed by atoms with Crippen molar-refractivity contribution >= 4 is 11.3 Å². The van der Waals surface area contributed by atoms with E-state index in [0.717, 1.165) is 0 Å². The molecular formula is C8H8SZn. The molecular weight excluding hydrogens is 194 g/mol. The number of rotatable bonds is 0. The van der Waals surface area contributed by atoms with Crippen LogP contribution in [0.5, 0.6) is 0 Å². The minimum Gasteiger partial charge on any atom is -0.152 e. The Morgan fingerprint density at radius 3 is 1.50 bits per heavy atom. The largest absolute Gasteiger partial charge is 0.152 e. The summed E-state index contributed by atoms with van der Waals surface area (Å²) in [4.78, 5) is 0. The van der Waals surface area contributed by atoms with E-state index >= 15 is 0 Å². The SMILES string of the molecule is [Zn].c1ccccsccc1. The van der Waals surface area contributed by atoms with Crippen LogP contribution in [0.4, 0.5) is 0 Å². The summed E-state index contributed by atoms with van der Waals surface area (Å²) in [7, 11) is 0.